The number of amides is 1. The minimum Gasteiger partial charge on any atom is -0.384 e. The third-order valence-corrected chi connectivity index (χ3v) is 4.16. The molecule has 0 saturated carbocycles. The van der Waals surface area contributed by atoms with E-state index < -0.39 is 0 Å². The summed E-state index contributed by atoms with van der Waals surface area (Å²) < 4.78 is 1.00. The molecule has 0 aliphatic heterocycles. The van der Waals surface area contributed by atoms with Crippen LogP contribution in [0.3, 0.4) is 0 Å². The van der Waals surface area contributed by atoms with Gasteiger partial charge in [0, 0.05) is 20.9 Å². The standard InChI is InChI=1S/C11H9BrClN3OS/c12-6-1-7(18-5-6)3-16-11(17)8-2-10(14)15-4-9(8)13/h1-2,4-5H,3H2,(H2,14,15)(H,16,17). The van der Waals surface area contributed by atoms with E-state index in [0.29, 0.717) is 12.1 Å². The molecule has 0 spiro atoms. The summed E-state index contributed by atoms with van der Waals surface area (Å²) in [5.41, 5.74) is 5.86. The quantitative estimate of drug-likeness (QED) is 0.897. The molecule has 0 atom stereocenters. The van der Waals surface area contributed by atoms with Gasteiger partial charge in [0.25, 0.3) is 5.91 Å². The monoisotopic (exact) mass is 345 g/mol. The lowest BCUT2D eigenvalue weighted by Crippen LogP contribution is -2.23. The van der Waals surface area contributed by atoms with Crippen molar-refractivity contribution < 1.29 is 4.79 Å². The molecule has 2 heterocycles. The van der Waals surface area contributed by atoms with Crippen molar-refractivity contribution in [1.29, 1.82) is 0 Å². The molecule has 7 heteroatoms. The Morgan fingerprint density at radius 1 is 1.56 bits per heavy atom. The number of nitrogens with two attached hydrogens (primary N) is 1. The molecule has 3 N–H and O–H groups in total. The fourth-order valence-electron chi connectivity index (χ4n) is 1.34. The van der Waals surface area contributed by atoms with Crippen molar-refractivity contribution in [3.8, 4) is 0 Å². The maximum atomic E-state index is 11.9. The number of nitrogens with zero attached hydrogens (tertiary/aromatic N) is 1. The van der Waals surface area contributed by atoms with Crippen molar-refractivity contribution in [2.75, 3.05) is 5.73 Å². The second-order valence-corrected chi connectivity index (χ2v) is 5.82. The largest absolute Gasteiger partial charge is 0.384 e. The van der Waals surface area contributed by atoms with Gasteiger partial charge in [-0.25, -0.2) is 4.98 Å². The number of carbonyl (C=O) groups is 1. The van der Waals surface area contributed by atoms with E-state index >= 15 is 0 Å². The first-order valence-electron chi connectivity index (χ1n) is 4.98. The molecule has 94 valence electrons. The molecule has 2 aromatic rings. The molecule has 18 heavy (non-hydrogen) atoms. The predicted octanol–water partition coefficient (Wildman–Crippen LogP) is 3.07. The van der Waals surface area contributed by atoms with E-state index in [4.69, 9.17) is 17.3 Å². The number of hydrogen-bond acceptors (Lipinski definition) is 4. The number of hydrogen-bond donors (Lipinski definition) is 2. The molecule has 0 unspecified atom stereocenters. The lowest BCUT2D eigenvalue weighted by Gasteiger charge is -2.05. The summed E-state index contributed by atoms with van der Waals surface area (Å²) >= 11 is 10.8. The summed E-state index contributed by atoms with van der Waals surface area (Å²) in [5.74, 6) is 0.00189. The van der Waals surface area contributed by atoms with Crippen molar-refractivity contribution >= 4 is 50.6 Å². The molecule has 1 amide bonds. The van der Waals surface area contributed by atoms with Crippen LogP contribution in [0.15, 0.2) is 28.2 Å². The average molecular weight is 347 g/mol. The normalized spacial score (nSPS) is 10.3. The third kappa shape index (κ3) is 3.22. The van der Waals surface area contributed by atoms with E-state index in [9.17, 15) is 4.79 Å². The van der Waals surface area contributed by atoms with Gasteiger partial charge in [-0.15, -0.1) is 11.3 Å². The second kappa shape index (κ2) is 5.69. The van der Waals surface area contributed by atoms with E-state index in [-0.39, 0.29) is 16.7 Å². The topological polar surface area (TPSA) is 68.0 Å². The Morgan fingerprint density at radius 2 is 2.33 bits per heavy atom. The number of rotatable bonds is 3. The Bertz CT molecular complexity index is 587. The van der Waals surface area contributed by atoms with Gasteiger partial charge in [-0.3, -0.25) is 4.79 Å². The van der Waals surface area contributed by atoms with Crippen LogP contribution in [0.5, 0.6) is 0 Å². The van der Waals surface area contributed by atoms with E-state index in [2.05, 4.69) is 26.2 Å². The van der Waals surface area contributed by atoms with Crippen molar-refractivity contribution in [2.24, 2.45) is 0 Å². The molecule has 0 bridgehead atoms. The van der Waals surface area contributed by atoms with Gasteiger partial charge in [-0.05, 0) is 28.1 Å². The molecule has 0 saturated heterocycles. The number of halogens is 2. The van der Waals surface area contributed by atoms with Crippen LogP contribution in [0.25, 0.3) is 0 Å². The SMILES string of the molecule is Nc1cc(C(=O)NCc2cc(Br)cs2)c(Cl)cn1. The first kappa shape index (κ1) is 13.3. The molecule has 4 nitrogen and oxygen atoms in total. The maximum Gasteiger partial charge on any atom is 0.253 e. The summed E-state index contributed by atoms with van der Waals surface area (Å²) in [6.45, 7) is 0.452. The number of nitrogen functional groups attached to an aromatic ring is 1. The predicted molar refractivity (Wildman–Crippen MR) is 76.8 cm³/mol. The van der Waals surface area contributed by atoms with Crippen molar-refractivity contribution in [3.05, 3.63) is 43.6 Å². The zero-order valence-corrected chi connectivity index (χ0v) is 12.3. The molecule has 2 aromatic heterocycles. The van der Waals surface area contributed by atoms with Gasteiger partial charge in [0.05, 0.1) is 17.1 Å². The van der Waals surface area contributed by atoms with Crippen LogP contribution in [0, 0.1) is 0 Å². The number of nitrogens with one attached hydrogen (secondary N) is 1. The number of thiophene rings is 1. The van der Waals surface area contributed by atoms with Gasteiger partial charge in [0.2, 0.25) is 0 Å². The lowest BCUT2D eigenvalue weighted by molar-refractivity contribution is 0.0951. The van der Waals surface area contributed by atoms with Crippen molar-refractivity contribution in [1.82, 2.24) is 10.3 Å². The van der Waals surface area contributed by atoms with Crippen LogP contribution in [0.1, 0.15) is 15.2 Å². The molecule has 0 aromatic carbocycles. The van der Waals surface area contributed by atoms with Gasteiger partial charge in [-0.2, -0.15) is 0 Å². The lowest BCUT2D eigenvalue weighted by atomic mass is 10.2. The van der Waals surface area contributed by atoms with Gasteiger partial charge in [-0.1, -0.05) is 11.6 Å². The average Bonchev–Trinajstić information content (AvgIpc) is 2.75. The van der Waals surface area contributed by atoms with Crippen molar-refractivity contribution in [2.45, 2.75) is 6.54 Å². The van der Waals surface area contributed by atoms with Crippen LogP contribution < -0.4 is 11.1 Å². The van der Waals surface area contributed by atoms with Gasteiger partial charge < -0.3 is 11.1 Å². The highest BCUT2D eigenvalue weighted by molar-refractivity contribution is 9.10. The van der Waals surface area contributed by atoms with Crippen LogP contribution in [0.2, 0.25) is 5.02 Å². The first-order valence-corrected chi connectivity index (χ1v) is 7.03. The summed E-state index contributed by atoms with van der Waals surface area (Å²) in [4.78, 5) is 16.8. The van der Waals surface area contributed by atoms with Gasteiger partial charge in [0.1, 0.15) is 5.82 Å². The highest BCUT2D eigenvalue weighted by Gasteiger charge is 2.11. The number of anilines is 1. The number of aromatic nitrogens is 1. The molecular formula is C11H9BrClN3OS. The van der Waals surface area contributed by atoms with Crippen LogP contribution >= 0.6 is 38.9 Å². The summed E-state index contributed by atoms with van der Waals surface area (Å²) in [6, 6.07) is 3.41. The Labute approximate surface area is 121 Å². The number of pyridine rings is 1. The van der Waals surface area contributed by atoms with Crippen LogP contribution in [0.4, 0.5) is 5.82 Å². The fourth-order valence-corrected chi connectivity index (χ4v) is 2.92. The van der Waals surface area contributed by atoms with E-state index in [1.54, 1.807) is 11.3 Å². The number of carbonyl (C=O) groups excluding carboxylic acids is 1. The van der Waals surface area contributed by atoms with Crippen LogP contribution in [-0.2, 0) is 6.54 Å². The van der Waals surface area contributed by atoms with E-state index in [0.717, 1.165) is 9.35 Å². The van der Waals surface area contributed by atoms with Crippen LogP contribution in [-0.4, -0.2) is 10.9 Å². The highest BCUT2D eigenvalue weighted by Crippen LogP contribution is 2.20. The zero-order valence-electron chi connectivity index (χ0n) is 9.11. The zero-order chi connectivity index (χ0) is 13.1. The minimum absolute atomic E-state index is 0.265. The van der Waals surface area contributed by atoms with Gasteiger partial charge >= 0.3 is 0 Å². The Balaban J connectivity index is 2.05. The molecule has 0 radical (unpaired) electrons. The molecule has 2 rings (SSSR count). The highest BCUT2D eigenvalue weighted by atomic mass is 79.9. The third-order valence-electron chi connectivity index (χ3n) is 2.17. The summed E-state index contributed by atoms with van der Waals surface area (Å²) in [7, 11) is 0. The first-order chi connectivity index (χ1) is 8.56. The fraction of sp³-hybridized carbons (Fsp3) is 0.0909. The Hall–Kier alpha value is -1.11. The molecule has 0 aliphatic rings. The summed E-state index contributed by atoms with van der Waals surface area (Å²) in [5, 5.41) is 5.02. The Kier molecular flexibility index (Phi) is 4.21. The minimum atomic E-state index is -0.265. The smallest absolute Gasteiger partial charge is 0.253 e. The second-order valence-electron chi connectivity index (χ2n) is 3.50. The maximum absolute atomic E-state index is 11.9. The molecule has 0 fully saturated rings. The van der Waals surface area contributed by atoms with E-state index in [1.165, 1.54) is 12.3 Å². The molecule has 0 aliphatic carbocycles. The van der Waals surface area contributed by atoms with Gasteiger partial charge in [0.15, 0.2) is 0 Å². The van der Waals surface area contributed by atoms with Crippen molar-refractivity contribution in [3.63, 3.8) is 0 Å². The Morgan fingerprint density at radius 3 is 3.00 bits per heavy atom. The molecular weight excluding hydrogens is 338 g/mol. The summed E-state index contributed by atoms with van der Waals surface area (Å²) in [6.07, 6.45) is 1.37. The van der Waals surface area contributed by atoms with E-state index in [1.807, 2.05) is 11.4 Å².